The zero-order chi connectivity index (χ0) is 15.6. The third-order valence-corrected chi connectivity index (χ3v) is 4.42. The summed E-state index contributed by atoms with van der Waals surface area (Å²) in [5.74, 6) is -0.452. The van der Waals surface area contributed by atoms with Crippen molar-refractivity contribution in [2.75, 3.05) is 13.1 Å². The van der Waals surface area contributed by atoms with Crippen LogP contribution in [0.15, 0.2) is 18.2 Å². The van der Waals surface area contributed by atoms with Gasteiger partial charge in [0, 0.05) is 19.1 Å². The number of carbonyl (C=O) groups is 2. The van der Waals surface area contributed by atoms with Crippen LogP contribution >= 0.6 is 23.2 Å². The number of likely N-dealkylation sites (tertiary alicyclic amines) is 1. The lowest BCUT2D eigenvalue weighted by Crippen LogP contribution is -2.41. The average molecular weight is 330 g/mol. The Bertz CT molecular complexity index is 565. The summed E-state index contributed by atoms with van der Waals surface area (Å²) in [7, 11) is 0. The highest BCUT2D eigenvalue weighted by atomic mass is 35.5. The smallest absolute Gasteiger partial charge is 0.314 e. The largest absolute Gasteiger partial charge is 0.351 e. The average Bonchev–Trinajstić information content (AvgIpc) is 2.89. The minimum absolute atomic E-state index is 0.0600. The van der Waals surface area contributed by atoms with Gasteiger partial charge < -0.3 is 16.0 Å². The lowest BCUT2D eigenvalue weighted by molar-refractivity contribution is -0.122. The van der Waals surface area contributed by atoms with Gasteiger partial charge in [0.15, 0.2) is 0 Å². The van der Waals surface area contributed by atoms with Gasteiger partial charge in [0.1, 0.15) is 0 Å². The molecule has 1 fully saturated rings. The molecule has 114 valence electrons. The summed E-state index contributed by atoms with van der Waals surface area (Å²) < 4.78 is 0. The van der Waals surface area contributed by atoms with Crippen LogP contribution < -0.4 is 11.1 Å². The molecule has 21 heavy (non-hydrogen) atoms. The number of hydrogen-bond donors (Lipinski definition) is 2. The SMILES string of the molecule is CC(C(=O)NC1CCN(C(N)=O)C1)c1ccc(Cl)c(Cl)c1. The molecule has 0 aliphatic carbocycles. The topological polar surface area (TPSA) is 75.4 Å². The summed E-state index contributed by atoms with van der Waals surface area (Å²) in [6.07, 6.45) is 0.711. The maximum absolute atomic E-state index is 12.3. The molecule has 1 aliphatic rings. The fourth-order valence-electron chi connectivity index (χ4n) is 2.34. The van der Waals surface area contributed by atoms with E-state index in [0.717, 1.165) is 5.56 Å². The van der Waals surface area contributed by atoms with Gasteiger partial charge in [0.25, 0.3) is 0 Å². The predicted molar refractivity (Wildman–Crippen MR) is 82.6 cm³/mol. The van der Waals surface area contributed by atoms with Crippen LogP contribution in [0, 0.1) is 0 Å². The number of nitrogens with one attached hydrogen (secondary N) is 1. The first-order chi connectivity index (χ1) is 9.88. The van der Waals surface area contributed by atoms with E-state index in [0.29, 0.717) is 29.6 Å². The molecule has 3 N–H and O–H groups in total. The fourth-order valence-corrected chi connectivity index (χ4v) is 2.64. The van der Waals surface area contributed by atoms with Crippen molar-refractivity contribution >= 4 is 35.1 Å². The Morgan fingerprint density at radius 1 is 1.38 bits per heavy atom. The van der Waals surface area contributed by atoms with E-state index in [1.165, 1.54) is 4.90 Å². The van der Waals surface area contributed by atoms with Crippen molar-refractivity contribution < 1.29 is 9.59 Å². The molecule has 2 unspecified atom stereocenters. The van der Waals surface area contributed by atoms with Crippen LogP contribution in [-0.4, -0.2) is 36.0 Å². The number of hydrogen-bond acceptors (Lipinski definition) is 2. The number of carbonyl (C=O) groups excluding carboxylic acids is 2. The van der Waals surface area contributed by atoms with Crippen LogP contribution in [0.2, 0.25) is 10.0 Å². The lowest BCUT2D eigenvalue weighted by Gasteiger charge is -2.18. The molecule has 0 bridgehead atoms. The lowest BCUT2D eigenvalue weighted by atomic mass is 10.00. The number of nitrogens with zero attached hydrogens (tertiary/aromatic N) is 1. The predicted octanol–water partition coefficient (Wildman–Crippen LogP) is 2.37. The second-order valence-electron chi connectivity index (χ2n) is 5.17. The van der Waals surface area contributed by atoms with Gasteiger partial charge in [-0.1, -0.05) is 29.3 Å². The highest BCUT2D eigenvalue weighted by Crippen LogP contribution is 2.26. The standard InChI is InChI=1S/C14H17Cl2N3O2/c1-8(9-2-3-11(15)12(16)6-9)13(20)18-10-4-5-19(7-10)14(17)21/h2-3,6,8,10H,4-5,7H2,1H3,(H2,17,21)(H,18,20). The second kappa shape index (κ2) is 6.54. The van der Waals surface area contributed by atoms with Crippen molar-refractivity contribution in [1.82, 2.24) is 10.2 Å². The Balaban J connectivity index is 1.97. The Kier molecular flexibility index (Phi) is 4.96. The number of halogens is 2. The Hall–Kier alpha value is -1.46. The third kappa shape index (κ3) is 3.80. The summed E-state index contributed by atoms with van der Waals surface area (Å²) in [5.41, 5.74) is 6.02. The van der Waals surface area contributed by atoms with Gasteiger partial charge in [0.2, 0.25) is 5.91 Å². The maximum Gasteiger partial charge on any atom is 0.314 e. The minimum Gasteiger partial charge on any atom is -0.351 e. The first kappa shape index (κ1) is 15.9. The molecule has 5 nitrogen and oxygen atoms in total. The van der Waals surface area contributed by atoms with E-state index in [9.17, 15) is 9.59 Å². The minimum atomic E-state index is -0.454. The van der Waals surface area contributed by atoms with Gasteiger partial charge in [-0.25, -0.2) is 4.79 Å². The molecule has 1 aliphatic heterocycles. The van der Waals surface area contributed by atoms with Crippen molar-refractivity contribution in [2.45, 2.75) is 25.3 Å². The Morgan fingerprint density at radius 2 is 2.10 bits per heavy atom. The number of rotatable bonds is 3. The Morgan fingerprint density at radius 3 is 2.67 bits per heavy atom. The zero-order valence-corrected chi connectivity index (χ0v) is 13.1. The van der Waals surface area contributed by atoms with E-state index >= 15 is 0 Å². The highest BCUT2D eigenvalue weighted by Gasteiger charge is 2.27. The number of benzene rings is 1. The van der Waals surface area contributed by atoms with Crippen molar-refractivity contribution in [3.05, 3.63) is 33.8 Å². The maximum atomic E-state index is 12.3. The van der Waals surface area contributed by atoms with Crippen molar-refractivity contribution in [2.24, 2.45) is 5.73 Å². The van der Waals surface area contributed by atoms with E-state index in [4.69, 9.17) is 28.9 Å². The van der Waals surface area contributed by atoms with Crippen LogP contribution in [0.3, 0.4) is 0 Å². The summed E-state index contributed by atoms with van der Waals surface area (Å²) in [6.45, 7) is 2.83. The van der Waals surface area contributed by atoms with E-state index in [2.05, 4.69) is 5.32 Å². The first-order valence-electron chi connectivity index (χ1n) is 6.68. The van der Waals surface area contributed by atoms with E-state index in [1.807, 2.05) is 0 Å². The van der Waals surface area contributed by atoms with Crippen LogP contribution in [0.25, 0.3) is 0 Å². The Labute approximate surface area is 133 Å². The first-order valence-corrected chi connectivity index (χ1v) is 7.43. The van der Waals surface area contributed by atoms with Gasteiger partial charge in [-0.15, -0.1) is 0 Å². The van der Waals surface area contributed by atoms with Crippen LogP contribution in [-0.2, 0) is 4.79 Å². The molecule has 7 heteroatoms. The monoisotopic (exact) mass is 329 g/mol. The van der Waals surface area contributed by atoms with Crippen LogP contribution in [0.4, 0.5) is 4.79 Å². The molecule has 3 amide bonds. The van der Waals surface area contributed by atoms with Gasteiger partial charge in [-0.2, -0.15) is 0 Å². The molecule has 0 saturated carbocycles. The van der Waals surface area contributed by atoms with Crippen molar-refractivity contribution in [3.63, 3.8) is 0 Å². The number of amides is 3. The molecule has 1 heterocycles. The van der Waals surface area contributed by atoms with Gasteiger partial charge in [-0.3, -0.25) is 4.79 Å². The number of nitrogens with two attached hydrogens (primary N) is 1. The van der Waals surface area contributed by atoms with Crippen molar-refractivity contribution in [3.8, 4) is 0 Å². The third-order valence-electron chi connectivity index (χ3n) is 3.68. The van der Waals surface area contributed by atoms with E-state index in [1.54, 1.807) is 25.1 Å². The number of urea groups is 1. The molecule has 0 radical (unpaired) electrons. The molecule has 2 atom stereocenters. The summed E-state index contributed by atoms with van der Waals surface area (Å²) in [6, 6.07) is 4.63. The normalized spacial score (nSPS) is 19.4. The van der Waals surface area contributed by atoms with Crippen molar-refractivity contribution in [1.29, 1.82) is 0 Å². The van der Waals surface area contributed by atoms with Crippen LogP contribution in [0.5, 0.6) is 0 Å². The molecule has 1 saturated heterocycles. The summed E-state index contributed by atoms with van der Waals surface area (Å²) in [4.78, 5) is 24.8. The molecule has 1 aromatic rings. The molecule has 0 aromatic heterocycles. The zero-order valence-electron chi connectivity index (χ0n) is 11.6. The number of primary amides is 1. The van der Waals surface area contributed by atoms with Gasteiger partial charge in [0.05, 0.1) is 16.0 Å². The molecule has 0 spiro atoms. The van der Waals surface area contributed by atoms with Crippen LogP contribution in [0.1, 0.15) is 24.8 Å². The quantitative estimate of drug-likeness (QED) is 0.893. The second-order valence-corrected chi connectivity index (χ2v) is 5.99. The van der Waals surface area contributed by atoms with Gasteiger partial charge >= 0.3 is 6.03 Å². The summed E-state index contributed by atoms with van der Waals surface area (Å²) >= 11 is 11.8. The fraction of sp³-hybridized carbons (Fsp3) is 0.429. The molecular weight excluding hydrogens is 313 g/mol. The van der Waals surface area contributed by atoms with Gasteiger partial charge in [-0.05, 0) is 31.0 Å². The molecule has 2 rings (SSSR count). The van der Waals surface area contributed by atoms with E-state index < -0.39 is 6.03 Å². The summed E-state index contributed by atoms with van der Waals surface area (Å²) in [5, 5.41) is 3.82. The highest BCUT2D eigenvalue weighted by molar-refractivity contribution is 6.42. The molecule has 1 aromatic carbocycles. The molecular formula is C14H17Cl2N3O2. The van der Waals surface area contributed by atoms with E-state index in [-0.39, 0.29) is 17.9 Å².